The van der Waals surface area contributed by atoms with Gasteiger partial charge in [0.2, 0.25) is 0 Å². The zero-order valence-electron chi connectivity index (χ0n) is 25.7. The van der Waals surface area contributed by atoms with E-state index in [2.05, 4.69) is 15.0 Å². The first-order chi connectivity index (χ1) is 23.4. The summed E-state index contributed by atoms with van der Waals surface area (Å²) < 4.78 is 30.6. The predicted molar refractivity (Wildman–Crippen MR) is 168 cm³/mol. The lowest BCUT2D eigenvalue weighted by molar-refractivity contribution is -0.142. The SMILES string of the molecule is CCOC(=O)Cc1ncnc2c1ncn2C1OC(COC(=O)c2ccccc2)[C@@H](OC(=O)c2ccccc2)[C@H]1OC(=O)c1ccccc1. The van der Waals surface area contributed by atoms with Crippen LogP contribution in [0.2, 0.25) is 0 Å². The zero-order chi connectivity index (χ0) is 33.5. The molecule has 1 aliphatic rings. The highest BCUT2D eigenvalue weighted by Gasteiger charge is 2.52. The smallest absolute Gasteiger partial charge is 0.338 e. The van der Waals surface area contributed by atoms with E-state index in [1.807, 2.05) is 0 Å². The molecule has 13 heteroatoms. The van der Waals surface area contributed by atoms with Gasteiger partial charge in [-0.15, -0.1) is 0 Å². The van der Waals surface area contributed by atoms with E-state index in [1.54, 1.807) is 97.9 Å². The van der Waals surface area contributed by atoms with Gasteiger partial charge in [-0.25, -0.2) is 29.3 Å². The minimum atomic E-state index is -1.27. The highest BCUT2D eigenvalue weighted by Crippen LogP contribution is 2.37. The average molecular weight is 651 g/mol. The standard InChI is InChI=1S/C35H30N4O9/c1-2-44-27(40)18-25-28-31(37-20-36-25)39(21-38-28)32-30(48-35(43)24-16-10-5-11-17-24)29(47-34(42)23-14-8-4-9-15-23)26(46-32)19-45-33(41)22-12-6-3-7-13-22/h3-17,20-21,26,29-30,32H,2,18-19H2,1H3/t26?,29-,30-,32?/m1/s1. The van der Waals surface area contributed by atoms with Crippen molar-refractivity contribution in [2.24, 2.45) is 0 Å². The molecule has 3 heterocycles. The van der Waals surface area contributed by atoms with E-state index < -0.39 is 48.4 Å². The van der Waals surface area contributed by atoms with Crippen LogP contribution in [0.3, 0.4) is 0 Å². The first-order valence-corrected chi connectivity index (χ1v) is 15.1. The van der Waals surface area contributed by atoms with E-state index in [1.165, 1.54) is 17.2 Å². The van der Waals surface area contributed by atoms with Crippen LogP contribution < -0.4 is 0 Å². The van der Waals surface area contributed by atoms with Crippen molar-refractivity contribution >= 4 is 35.0 Å². The third kappa shape index (κ3) is 7.05. The highest BCUT2D eigenvalue weighted by molar-refractivity contribution is 5.91. The summed E-state index contributed by atoms with van der Waals surface area (Å²) in [5, 5.41) is 0. The Hall–Kier alpha value is -5.95. The Bertz CT molecular complexity index is 1900. The van der Waals surface area contributed by atoms with Gasteiger partial charge >= 0.3 is 23.9 Å². The average Bonchev–Trinajstić information content (AvgIpc) is 3.70. The Kier molecular flexibility index (Phi) is 9.77. The molecule has 244 valence electrons. The second kappa shape index (κ2) is 14.6. The molecule has 48 heavy (non-hydrogen) atoms. The predicted octanol–water partition coefficient (Wildman–Crippen LogP) is 4.14. The number of esters is 4. The summed E-state index contributed by atoms with van der Waals surface area (Å²) in [6.07, 6.45) is -2.28. The Morgan fingerprint density at radius 3 is 1.85 bits per heavy atom. The van der Waals surface area contributed by atoms with Crippen molar-refractivity contribution in [3.8, 4) is 0 Å². The molecule has 0 aliphatic carbocycles. The first kappa shape index (κ1) is 32.0. The molecular formula is C35H30N4O9. The molecule has 1 aliphatic heterocycles. The van der Waals surface area contributed by atoms with Gasteiger partial charge in [-0.2, -0.15) is 0 Å². The van der Waals surface area contributed by atoms with E-state index in [-0.39, 0.29) is 36.4 Å². The summed E-state index contributed by atoms with van der Waals surface area (Å²) in [6, 6.07) is 24.9. The molecule has 0 saturated carbocycles. The number of hydrogen-bond acceptors (Lipinski definition) is 12. The maximum absolute atomic E-state index is 13.5. The molecule has 6 rings (SSSR count). The highest BCUT2D eigenvalue weighted by atomic mass is 16.7. The number of fused-ring (bicyclic) bond motifs is 1. The zero-order valence-corrected chi connectivity index (χ0v) is 25.7. The van der Waals surface area contributed by atoms with E-state index in [0.717, 1.165) is 0 Å². The van der Waals surface area contributed by atoms with Crippen LogP contribution >= 0.6 is 0 Å². The van der Waals surface area contributed by atoms with E-state index in [0.29, 0.717) is 16.8 Å². The molecule has 1 saturated heterocycles. The van der Waals surface area contributed by atoms with Crippen LogP contribution in [0.15, 0.2) is 104 Å². The summed E-state index contributed by atoms with van der Waals surface area (Å²) in [4.78, 5) is 65.1. The molecule has 2 unspecified atom stereocenters. The van der Waals surface area contributed by atoms with Crippen LogP contribution in [-0.2, 0) is 34.9 Å². The molecule has 0 spiro atoms. The molecule has 0 N–H and O–H groups in total. The molecular weight excluding hydrogens is 620 g/mol. The second-order valence-electron chi connectivity index (χ2n) is 10.6. The van der Waals surface area contributed by atoms with Crippen LogP contribution in [0.5, 0.6) is 0 Å². The molecule has 4 atom stereocenters. The summed E-state index contributed by atoms with van der Waals surface area (Å²) in [6.45, 7) is 1.54. The molecule has 0 bridgehead atoms. The third-order valence-corrected chi connectivity index (χ3v) is 7.50. The number of rotatable bonds is 11. The largest absolute Gasteiger partial charge is 0.466 e. The maximum atomic E-state index is 13.5. The van der Waals surface area contributed by atoms with Gasteiger partial charge < -0.3 is 23.7 Å². The summed E-state index contributed by atoms with van der Waals surface area (Å²) >= 11 is 0. The normalized spacial score (nSPS) is 18.6. The van der Waals surface area contributed by atoms with Gasteiger partial charge in [0.05, 0.1) is 41.7 Å². The number of ether oxygens (including phenoxy) is 5. The fourth-order valence-corrected chi connectivity index (χ4v) is 5.25. The van der Waals surface area contributed by atoms with Gasteiger partial charge in [-0.1, -0.05) is 54.6 Å². The fourth-order valence-electron chi connectivity index (χ4n) is 5.25. The van der Waals surface area contributed by atoms with Crippen molar-refractivity contribution in [3.05, 3.63) is 126 Å². The summed E-state index contributed by atoms with van der Waals surface area (Å²) in [7, 11) is 0. The van der Waals surface area contributed by atoms with Crippen molar-refractivity contribution in [2.75, 3.05) is 13.2 Å². The van der Waals surface area contributed by atoms with Crippen molar-refractivity contribution in [2.45, 2.75) is 37.9 Å². The van der Waals surface area contributed by atoms with Crippen LogP contribution in [0.4, 0.5) is 0 Å². The van der Waals surface area contributed by atoms with Crippen LogP contribution in [0.1, 0.15) is 49.9 Å². The first-order valence-electron chi connectivity index (χ1n) is 15.1. The maximum Gasteiger partial charge on any atom is 0.338 e. The molecule has 1 fully saturated rings. The van der Waals surface area contributed by atoms with E-state index >= 15 is 0 Å². The quantitative estimate of drug-likeness (QED) is 0.149. The number of carbonyl (C=O) groups excluding carboxylic acids is 4. The fraction of sp³-hybridized carbons (Fsp3) is 0.229. The number of benzene rings is 3. The molecule has 0 amide bonds. The van der Waals surface area contributed by atoms with Crippen molar-refractivity contribution in [1.82, 2.24) is 19.5 Å². The number of carbonyl (C=O) groups is 4. The Morgan fingerprint density at radius 2 is 1.27 bits per heavy atom. The summed E-state index contributed by atoms with van der Waals surface area (Å²) in [5.74, 6) is -2.54. The number of aromatic nitrogens is 4. The monoisotopic (exact) mass is 650 g/mol. The lowest BCUT2D eigenvalue weighted by atomic mass is 10.1. The van der Waals surface area contributed by atoms with Gasteiger partial charge in [-0.05, 0) is 43.3 Å². The number of imidazole rings is 1. The summed E-state index contributed by atoms with van der Waals surface area (Å²) in [5.41, 5.74) is 1.66. The topological polar surface area (TPSA) is 158 Å². The van der Waals surface area contributed by atoms with Gasteiger partial charge in [0, 0.05) is 0 Å². The Labute approximate surface area is 274 Å². The minimum absolute atomic E-state index is 0.156. The van der Waals surface area contributed by atoms with Gasteiger partial charge in [0.1, 0.15) is 24.6 Å². The second-order valence-corrected chi connectivity index (χ2v) is 10.6. The van der Waals surface area contributed by atoms with Crippen LogP contribution in [0.25, 0.3) is 11.2 Å². The number of hydrogen-bond donors (Lipinski definition) is 0. The third-order valence-electron chi connectivity index (χ3n) is 7.50. The lowest BCUT2D eigenvalue weighted by Crippen LogP contribution is -2.41. The van der Waals surface area contributed by atoms with Gasteiger partial charge in [-0.3, -0.25) is 9.36 Å². The molecule has 0 radical (unpaired) electrons. The number of nitrogens with zero attached hydrogens (tertiary/aromatic N) is 4. The minimum Gasteiger partial charge on any atom is -0.466 e. The van der Waals surface area contributed by atoms with Crippen LogP contribution in [-0.4, -0.2) is 74.9 Å². The van der Waals surface area contributed by atoms with Gasteiger partial charge in [0.15, 0.2) is 24.1 Å². The van der Waals surface area contributed by atoms with E-state index in [9.17, 15) is 19.2 Å². The van der Waals surface area contributed by atoms with Crippen molar-refractivity contribution in [3.63, 3.8) is 0 Å². The Morgan fingerprint density at radius 1 is 0.708 bits per heavy atom. The van der Waals surface area contributed by atoms with Gasteiger partial charge in [0.25, 0.3) is 0 Å². The molecule has 3 aromatic carbocycles. The van der Waals surface area contributed by atoms with Crippen molar-refractivity contribution in [1.29, 1.82) is 0 Å². The molecule has 5 aromatic rings. The Balaban J connectivity index is 1.38. The lowest BCUT2D eigenvalue weighted by Gasteiger charge is -2.25. The van der Waals surface area contributed by atoms with E-state index in [4.69, 9.17) is 23.7 Å². The molecule has 2 aromatic heterocycles. The molecule has 13 nitrogen and oxygen atoms in total. The van der Waals surface area contributed by atoms with Crippen molar-refractivity contribution < 1.29 is 42.9 Å². The van der Waals surface area contributed by atoms with Crippen LogP contribution in [0, 0.1) is 0 Å².